The molecule has 2 rings (SSSR count). The lowest BCUT2D eigenvalue weighted by molar-refractivity contribution is -0.124. The number of rotatable bonds is 3. The van der Waals surface area contributed by atoms with Crippen LogP contribution in [0.2, 0.25) is 0 Å². The molecule has 18 heavy (non-hydrogen) atoms. The van der Waals surface area contributed by atoms with E-state index in [1.807, 2.05) is 0 Å². The molecule has 2 saturated heterocycles. The van der Waals surface area contributed by atoms with Crippen molar-refractivity contribution in [1.29, 1.82) is 0 Å². The van der Waals surface area contributed by atoms with E-state index in [4.69, 9.17) is 0 Å². The van der Waals surface area contributed by atoms with Gasteiger partial charge in [-0.3, -0.25) is 4.79 Å². The van der Waals surface area contributed by atoms with Crippen LogP contribution in [0.5, 0.6) is 0 Å². The third kappa shape index (κ3) is 3.69. The Labute approximate surface area is 110 Å². The Morgan fingerprint density at radius 1 is 1.22 bits per heavy atom. The second-order valence-electron chi connectivity index (χ2n) is 5.92. The van der Waals surface area contributed by atoms with Crippen LogP contribution in [0.3, 0.4) is 0 Å². The Hall–Kier alpha value is -0.610. The number of carbonyl (C=O) groups is 1. The van der Waals surface area contributed by atoms with Gasteiger partial charge >= 0.3 is 0 Å². The summed E-state index contributed by atoms with van der Waals surface area (Å²) in [6.45, 7) is 7.70. The van der Waals surface area contributed by atoms with Crippen molar-refractivity contribution in [1.82, 2.24) is 15.5 Å². The van der Waals surface area contributed by atoms with Gasteiger partial charge in [0.2, 0.25) is 5.91 Å². The molecular formula is C14H27N3O. The van der Waals surface area contributed by atoms with E-state index < -0.39 is 0 Å². The van der Waals surface area contributed by atoms with Gasteiger partial charge in [0.15, 0.2) is 0 Å². The SMILES string of the molecule is CC(C)N1CCC(NC(=O)[C@H]2CCCCN2)CC1. The van der Waals surface area contributed by atoms with E-state index in [2.05, 4.69) is 29.4 Å². The van der Waals surface area contributed by atoms with Crippen molar-refractivity contribution in [2.75, 3.05) is 19.6 Å². The van der Waals surface area contributed by atoms with E-state index in [-0.39, 0.29) is 11.9 Å². The summed E-state index contributed by atoms with van der Waals surface area (Å²) in [4.78, 5) is 14.6. The highest BCUT2D eigenvalue weighted by Gasteiger charge is 2.26. The van der Waals surface area contributed by atoms with Crippen LogP contribution < -0.4 is 10.6 Å². The largest absolute Gasteiger partial charge is 0.352 e. The second-order valence-corrected chi connectivity index (χ2v) is 5.92. The van der Waals surface area contributed by atoms with E-state index in [1.165, 1.54) is 12.8 Å². The monoisotopic (exact) mass is 253 g/mol. The summed E-state index contributed by atoms with van der Waals surface area (Å²) in [5.41, 5.74) is 0. The highest BCUT2D eigenvalue weighted by molar-refractivity contribution is 5.82. The molecule has 0 unspecified atom stereocenters. The summed E-state index contributed by atoms with van der Waals surface area (Å²) < 4.78 is 0. The van der Waals surface area contributed by atoms with Gasteiger partial charge in [0, 0.05) is 25.2 Å². The average molecular weight is 253 g/mol. The molecule has 0 aromatic carbocycles. The average Bonchev–Trinajstić information content (AvgIpc) is 2.40. The highest BCUT2D eigenvalue weighted by Crippen LogP contribution is 2.14. The first kappa shape index (κ1) is 13.8. The Morgan fingerprint density at radius 3 is 2.50 bits per heavy atom. The first-order valence-electron chi connectivity index (χ1n) is 7.44. The van der Waals surface area contributed by atoms with Gasteiger partial charge in [-0.2, -0.15) is 0 Å². The number of hydrogen-bond donors (Lipinski definition) is 2. The van der Waals surface area contributed by atoms with Crippen LogP contribution in [0, 0.1) is 0 Å². The van der Waals surface area contributed by atoms with E-state index in [1.54, 1.807) is 0 Å². The van der Waals surface area contributed by atoms with E-state index in [9.17, 15) is 4.79 Å². The van der Waals surface area contributed by atoms with Gasteiger partial charge in [0.1, 0.15) is 0 Å². The zero-order valence-corrected chi connectivity index (χ0v) is 11.7. The van der Waals surface area contributed by atoms with Gasteiger partial charge < -0.3 is 15.5 Å². The predicted octanol–water partition coefficient (Wildman–Crippen LogP) is 1.12. The van der Waals surface area contributed by atoms with Crippen LogP contribution >= 0.6 is 0 Å². The minimum absolute atomic E-state index is 0.0573. The smallest absolute Gasteiger partial charge is 0.237 e. The maximum atomic E-state index is 12.1. The molecule has 2 N–H and O–H groups in total. The van der Waals surface area contributed by atoms with Crippen molar-refractivity contribution in [2.45, 2.75) is 64.1 Å². The lowest BCUT2D eigenvalue weighted by Crippen LogP contribution is -2.52. The summed E-state index contributed by atoms with van der Waals surface area (Å²) in [7, 11) is 0. The molecule has 104 valence electrons. The van der Waals surface area contributed by atoms with Crippen molar-refractivity contribution in [2.24, 2.45) is 0 Å². The summed E-state index contributed by atoms with van der Waals surface area (Å²) in [6, 6.07) is 1.07. The Kier molecular flexibility index (Phi) is 5.01. The number of carbonyl (C=O) groups excluding carboxylic acids is 1. The Balaban J connectivity index is 1.72. The first-order valence-corrected chi connectivity index (χ1v) is 7.44. The number of piperidine rings is 2. The van der Waals surface area contributed by atoms with Crippen LogP contribution in [-0.4, -0.2) is 48.6 Å². The third-order valence-corrected chi connectivity index (χ3v) is 4.23. The van der Waals surface area contributed by atoms with Crippen molar-refractivity contribution in [3.63, 3.8) is 0 Å². The van der Waals surface area contributed by atoms with Crippen LogP contribution in [-0.2, 0) is 4.79 Å². The molecule has 0 aromatic heterocycles. The standard InChI is InChI=1S/C14H27N3O/c1-11(2)17-9-6-12(7-10-17)16-14(18)13-5-3-4-8-15-13/h11-13,15H,3-10H2,1-2H3,(H,16,18)/t13-/m1/s1. The number of nitrogens with one attached hydrogen (secondary N) is 2. The normalized spacial score (nSPS) is 27.4. The molecule has 1 amide bonds. The molecule has 4 heteroatoms. The zero-order valence-electron chi connectivity index (χ0n) is 11.7. The fourth-order valence-corrected chi connectivity index (χ4v) is 2.94. The maximum Gasteiger partial charge on any atom is 0.237 e. The molecule has 2 fully saturated rings. The molecular weight excluding hydrogens is 226 g/mol. The summed E-state index contributed by atoms with van der Waals surface area (Å²) in [6.07, 6.45) is 5.57. The van der Waals surface area contributed by atoms with E-state index in [0.29, 0.717) is 12.1 Å². The fraction of sp³-hybridized carbons (Fsp3) is 0.929. The van der Waals surface area contributed by atoms with E-state index in [0.717, 1.165) is 38.9 Å². The molecule has 0 saturated carbocycles. The van der Waals surface area contributed by atoms with Gasteiger partial charge in [0.25, 0.3) is 0 Å². The molecule has 2 heterocycles. The Morgan fingerprint density at radius 2 is 1.94 bits per heavy atom. The van der Waals surface area contributed by atoms with Crippen molar-refractivity contribution >= 4 is 5.91 Å². The zero-order chi connectivity index (χ0) is 13.0. The molecule has 4 nitrogen and oxygen atoms in total. The third-order valence-electron chi connectivity index (χ3n) is 4.23. The van der Waals surface area contributed by atoms with Crippen molar-refractivity contribution in [3.8, 4) is 0 Å². The van der Waals surface area contributed by atoms with Gasteiger partial charge in [-0.05, 0) is 46.1 Å². The number of likely N-dealkylation sites (tertiary alicyclic amines) is 1. The molecule has 0 spiro atoms. The minimum Gasteiger partial charge on any atom is -0.352 e. The van der Waals surface area contributed by atoms with Crippen molar-refractivity contribution < 1.29 is 4.79 Å². The molecule has 2 aliphatic heterocycles. The predicted molar refractivity (Wildman–Crippen MR) is 73.5 cm³/mol. The van der Waals surface area contributed by atoms with Gasteiger partial charge in [-0.25, -0.2) is 0 Å². The topological polar surface area (TPSA) is 44.4 Å². The summed E-state index contributed by atoms with van der Waals surface area (Å²) in [5.74, 6) is 0.220. The number of nitrogens with zero attached hydrogens (tertiary/aromatic N) is 1. The second kappa shape index (κ2) is 6.53. The van der Waals surface area contributed by atoms with Crippen molar-refractivity contribution in [3.05, 3.63) is 0 Å². The molecule has 0 aromatic rings. The van der Waals surface area contributed by atoms with Crippen LogP contribution in [0.4, 0.5) is 0 Å². The molecule has 0 radical (unpaired) electrons. The fourth-order valence-electron chi connectivity index (χ4n) is 2.94. The lowest BCUT2D eigenvalue weighted by atomic mass is 10.0. The summed E-state index contributed by atoms with van der Waals surface area (Å²) >= 11 is 0. The molecule has 0 aliphatic carbocycles. The van der Waals surface area contributed by atoms with Crippen LogP contribution in [0.1, 0.15) is 46.0 Å². The van der Waals surface area contributed by atoms with E-state index >= 15 is 0 Å². The Bertz CT molecular complexity index is 266. The van der Waals surface area contributed by atoms with Crippen LogP contribution in [0.15, 0.2) is 0 Å². The molecule has 2 aliphatic rings. The first-order chi connectivity index (χ1) is 8.66. The quantitative estimate of drug-likeness (QED) is 0.792. The number of amides is 1. The summed E-state index contributed by atoms with van der Waals surface area (Å²) in [5, 5.41) is 6.53. The minimum atomic E-state index is 0.0573. The van der Waals surface area contributed by atoms with Gasteiger partial charge in [-0.1, -0.05) is 6.42 Å². The van der Waals surface area contributed by atoms with Gasteiger partial charge in [0.05, 0.1) is 6.04 Å². The highest BCUT2D eigenvalue weighted by atomic mass is 16.2. The van der Waals surface area contributed by atoms with Crippen LogP contribution in [0.25, 0.3) is 0 Å². The molecule has 0 bridgehead atoms. The number of hydrogen-bond acceptors (Lipinski definition) is 3. The lowest BCUT2D eigenvalue weighted by Gasteiger charge is -2.35. The molecule has 1 atom stereocenters. The maximum absolute atomic E-state index is 12.1. The van der Waals surface area contributed by atoms with Gasteiger partial charge in [-0.15, -0.1) is 0 Å².